The third-order valence-corrected chi connectivity index (χ3v) is 5.35. The molecule has 0 aliphatic heterocycles. The first-order chi connectivity index (χ1) is 9.79. The molecule has 122 valence electrons. The molecule has 4 N–H and O–H groups in total. The average Bonchev–Trinajstić information content (AvgIpc) is 2.43. The lowest BCUT2D eigenvalue weighted by Crippen LogP contribution is -2.40. The molecular weight excluding hydrogens is 289 g/mol. The Kier molecular flexibility index (Phi) is 7.25. The molecule has 1 atom stereocenters. The average molecular weight is 317 g/mol. The summed E-state index contributed by atoms with van der Waals surface area (Å²) in [5, 5.41) is 17.6. The van der Waals surface area contributed by atoms with Crippen molar-refractivity contribution in [2.75, 3.05) is 0 Å². The summed E-state index contributed by atoms with van der Waals surface area (Å²) in [5.74, 6) is -0.489. The molecule has 6 heteroatoms. The van der Waals surface area contributed by atoms with Crippen LogP contribution < -0.4 is 0 Å². The highest BCUT2D eigenvalue weighted by Gasteiger charge is 2.46. The molecule has 0 radical (unpaired) electrons. The summed E-state index contributed by atoms with van der Waals surface area (Å²) in [5.41, 5.74) is -1.82. The number of aliphatic carboxylic acids is 1. The molecule has 1 rings (SSSR count). The van der Waals surface area contributed by atoms with Gasteiger partial charge in [0, 0.05) is 0 Å². The van der Waals surface area contributed by atoms with Gasteiger partial charge in [-0.05, 0) is 31.1 Å². The Morgan fingerprint density at radius 3 is 2.29 bits per heavy atom. The summed E-state index contributed by atoms with van der Waals surface area (Å²) in [6.45, 7) is 3.81. The molecule has 1 unspecified atom stereocenters. The molecule has 0 amide bonds. The van der Waals surface area contributed by atoms with Crippen LogP contribution in [0.2, 0.25) is 0 Å². The largest absolute Gasteiger partial charge is 0.481 e. The topological polar surface area (TPSA) is 102 Å². The molecule has 0 heterocycles. The van der Waals surface area contributed by atoms with Crippen molar-refractivity contribution < 1.29 is 19.7 Å². The molecule has 0 bridgehead atoms. The zero-order valence-electron chi connectivity index (χ0n) is 13.0. The van der Waals surface area contributed by atoms with Crippen molar-refractivity contribution in [2.45, 2.75) is 65.2 Å². The predicted molar refractivity (Wildman–Crippen MR) is 84.4 cm³/mol. The van der Waals surface area contributed by atoms with Crippen molar-refractivity contribution in [1.82, 2.24) is 0 Å². The van der Waals surface area contributed by atoms with Gasteiger partial charge in [0.05, 0.1) is 0 Å². The highest BCUT2D eigenvalue weighted by molar-refractivity contribution is 7.64. The van der Waals surface area contributed by atoms with Gasteiger partial charge in [-0.3, -0.25) is 10.2 Å². The third-order valence-electron chi connectivity index (χ3n) is 4.52. The van der Waals surface area contributed by atoms with Crippen molar-refractivity contribution in [3.8, 4) is 0 Å². The molecule has 0 aromatic heterocycles. The first kappa shape index (κ1) is 18.5. The zero-order valence-corrected chi connectivity index (χ0v) is 13.9. The number of carbonyl (C=O) groups is 1. The number of hydrogen-bond acceptors (Lipinski definition) is 4. The predicted octanol–water partition coefficient (Wildman–Crippen LogP) is 3.74. The molecule has 1 fully saturated rings. The van der Waals surface area contributed by atoms with E-state index in [1.165, 1.54) is 19.3 Å². The second kappa shape index (κ2) is 8.21. The van der Waals surface area contributed by atoms with Gasteiger partial charge < -0.3 is 14.9 Å². The quantitative estimate of drug-likeness (QED) is 0.404. The minimum atomic E-state index is -2.64. The van der Waals surface area contributed by atoms with Crippen molar-refractivity contribution in [2.24, 2.45) is 17.3 Å². The van der Waals surface area contributed by atoms with E-state index in [0.29, 0.717) is 12.3 Å². The molecule has 0 aromatic rings. The molecule has 1 aliphatic rings. The van der Waals surface area contributed by atoms with E-state index in [4.69, 9.17) is 5.41 Å². The maximum atomic E-state index is 11.8. The third kappa shape index (κ3) is 5.01. The Labute approximate surface area is 128 Å². The number of carboxylic acids is 1. The fraction of sp³-hybridized carbons (Fsp3) is 0.867. The van der Waals surface area contributed by atoms with Crippen LogP contribution in [0, 0.1) is 22.7 Å². The van der Waals surface area contributed by atoms with Gasteiger partial charge >= 0.3 is 5.97 Å². The Morgan fingerprint density at radius 1 is 1.29 bits per heavy atom. The van der Waals surface area contributed by atoms with E-state index in [9.17, 15) is 19.7 Å². The van der Waals surface area contributed by atoms with E-state index < -0.39 is 25.2 Å². The van der Waals surface area contributed by atoms with Crippen LogP contribution in [0.4, 0.5) is 0 Å². The number of carboxylic acid groups (broad SMARTS) is 1. The lowest BCUT2D eigenvalue weighted by atomic mass is 9.74. The Hall–Kier alpha value is -0.510. The van der Waals surface area contributed by atoms with Gasteiger partial charge in [-0.1, -0.05) is 46.0 Å². The van der Waals surface area contributed by atoms with Gasteiger partial charge in [0.15, 0.2) is 0 Å². The van der Waals surface area contributed by atoms with Gasteiger partial charge in [-0.25, -0.2) is 0 Å². The number of hydrogen-bond donors (Lipinski definition) is 4. The second-order valence-corrected chi connectivity index (χ2v) is 7.69. The Balaban J connectivity index is 2.87. The number of rotatable bonds is 8. The zero-order chi connectivity index (χ0) is 16.0. The van der Waals surface area contributed by atoms with Gasteiger partial charge in [0.1, 0.15) is 10.9 Å². The molecule has 21 heavy (non-hydrogen) atoms. The monoisotopic (exact) mass is 317 g/mol. The van der Waals surface area contributed by atoms with Gasteiger partial charge in [0.25, 0.3) is 0 Å². The lowest BCUT2D eigenvalue weighted by Gasteiger charge is -2.34. The molecule has 1 saturated carbocycles. The maximum Gasteiger partial charge on any atom is 0.315 e. The summed E-state index contributed by atoms with van der Waals surface area (Å²) >= 11 is 0. The molecule has 0 saturated heterocycles. The minimum Gasteiger partial charge on any atom is -0.481 e. The van der Waals surface area contributed by atoms with Crippen LogP contribution in [0.1, 0.15) is 65.2 Å². The van der Waals surface area contributed by atoms with E-state index in [2.05, 4.69) is 0 Å². The fourth-order valence-corrected chi connectivity index (χ4v) is 4.11. The van der Waals surface area contributed by atoms with E-state index in [0.717, 1.165) is 19.3 Å². The molecular formula is C15H28NO4P. The Bertz CT molecular complexity index is 367. The van der Waals surface area contributed by atoms with E-state index in [1.54, 1.807) is 0 Å². The van der Waals surface area contributed by atoms with Crippen LogP contribution in [-0.2, 0) is 4.79 Å². The first-order valence-electron chi connectivity index (χ1n) is 7.80. The highest BCUT2D eigenvalue weighted by atomic mass is 31.2. The van der Waals surface area contributed by atoms with Gasteiger partial charge in [0.2, 0.25) is 8.38 Å². The normalized spacial score (nSPS) is 19.7. The number of nitrogens with one attached hydrogen (secondary N) is 1. The van der Waals surface area contributed by atoms with Crippen LogP contribution in [-0.4, -0.2) is 26.3 Å². The molecule has 1 aliphatic carbocycles. The smallest absolute Gasteiger partial charge is 0.315 e. The first-order valence-corrected chi connectivity index (χ1v) is 9.04. The standard InChI is InChI=1S/C15H28NO4P/c1-11(2)10-15(14(17)18,13(16)21(19)20)9-8-12-6-4-3-5-7-12/h11-12,16,19-20H,3-10H2,1-2H3,(H,17,18). The van der Waals surface area contributed by atoms with Crippen LogP contribution in [0.3, 0.4) is 0 Å². The molecule has 0 aromatic carbocycles. The summed E-state index contributed by atoms with van der Waals surface area (Å²) in [4.78, 5) is 30.6. The summed E-state index contributed by atoms with van der Waals surface area (Å²) in [7, 11) is -2.64. The summed E-state index contributed by atoms with van der Waals surface area (Å²) in [6.07, 6.45) is 7.26. The van der Waals surface area contributed by atoms with E-state index in [1.807, 2.05) is 13.8 Å². The van der Waals surface area contributed by atoms with E-state index >= 15 is 0 Å². The highest BCUT2D eigenvalue weighted by Crippen LogP contribution is 2.45. The van der Waals surface area contributed by atoms with Gasteiger partial charge in [-0.15, -0.1) is 0 Å². The maximum absolute atomic E-state index is 11.8. The Morgan fingerprint density at radius 2 is 1.86 bits per heavy atom. The summed E-state index contributed by atoms with van der Waals surface area (Å²) in [6, 6.07) is 0. The van der Waals surface area contributed by atoms with Gasteiger partial charge in [-0.2, -0.15) is 0 Å². The molecule has 0 spiro atoms. The minimum absolute atomic E-state index is 0.0859. The van der Waals surface area contributed by atoms with E-state index in [-0.39, 0.29) is 12.3 Å². The second-order valence-electron chi connectivity index (χ2n) is 6.67. The van der Waals surface area contributed by atoms with Crippen molar-refractivity contribution in [1.29, 1.82) is 5.41 Å². The van der Waals surface area contributed by atoms with Crippen LogP contribution in [0.15, 0.2) is 0 Å². The SMILES string of the molecule is CC(C)CC(CCC1CCCCC1)(C(=N)P(O)O)C(=O)O. The van der Waals surface area contributed by atoms with Crippen molar-refractivity contribution in [3.05, 3.63) is 0 Å². The van der Waals surface area contributed by atoms with Crippen LogP contribution in [0.25, 0.3) is 0 Å². The fourth-order valence-electron chi connectivity index (χ4n) is 3.43. The van der Waals surface area contributed by atoms with Crippen molar-refractivity contribution in [3.63, 3.8) is 0 Å². The molecule has 5 nitrogen and oxygen atoms in total. The van der Waals surface area contributed by atoms with Crippen molar-refractivity contribution >= 4 is 19.8 Å². The lowest BCUT2D eigenvalue weighted by molar-refractivity contribution is -0.146. The summed E-state index contributed by atoms with van der Waals surface area (Å²) < 4.78 is 0. The van der Waals surface area contributed by atoms with Crippen LogP contribution >= 0.6 is 8.38 Å². The van der Waals surface area contributed by atoms with Crippen LogP contribution in [0.5, 0.6) is 0 Å².